The number of benzene rings is 2. The highest BCUT2D eigenvalue weighted by Crippen LogP contribution is 2.25. The molecule has 0 spiro atoms. The van der Waals surface area contributed by atoms with Crippen LogP contribution in [0.4, 0.5) is 11.4 Å². The maximum absolute atomic E-state index is 12.8. The fraction of sp³-hybridized carbons (Fsp3) is 0.350. The van der Waals surface area contributed by atoms with Crippen LogP contribution in [-0.2, 0) is 14.8 Å². The van der Waals surface area contributed by atoms with E-state index in [0.717, 1.165) is 38.5 Å². The van der Waals surface area contributed by atoms with Gasteiger partial charge in [-0.3, -0.25) is 9.10 Å². The molecular weight excluding hydrogens is 348 g/mol. The van der Waals surface area contributed by atoms with E-state index in [0.29, 0.717) is 5.69 Å². The van der Waals surface area contributed by atoms with Gasteiger partial charge in [0, 0.05) is 5.69 Å². The summed E-state index contributed by atoms with van der Waals surface area (Å²) in [5.74, 6) is -0.369. The second kappa shape index (κ2) is 7.50. The topological polar surface area (TPSA) is 66.5 Å². The number of carbonyl (C=O) groups is 1. The van der Waals surface area contributed by atoms with Crippen LogP contribution in [0, 0.1) is 27.7 Å². The number of hydrogen-bond donors (Lipinski definition) is 1. The largest absolute Gasteiger partial charge is 0.324 e. The van der Waals surface area contributed by atoms with Crippen molar-refractivity contribution in [2.45, 2.75) is 40.7 Å². The summed E-state index contributed by atoms with van der Waals surface area (Å²) in [7, 11) is -3.63. The fourth-order valence-corrected chi connectivity index (χ4v) is 4.35. The average molecular weight is 375 g/mol. The van der Waals surface area contributed by atoms with Crippen LogP contribution in [0.1, 0.15) is 29.2 Å². The summed E-state index contributed by atoms with van der Waals surface area (Å²) in [5.41, 5.74) is 5.14. The Bertz CT molecular complexity index is 913. The fourth-order valence-electron chi connectivity index (χ4n) is 3.18. The lowest BCUT2D eigenvalue weighted by Crippen LogP contribution is -2.45. The van der Waals surface area contributed by atoms with Gasteiger partial charge in [0.25, 0.3) is 0 Å². The van der Waals surface area contributed by atoms with E-state index in [9.17, 15) is 13.2 Å². The normalized spacial score (nSPS) is 12.5. The van der Waals surface area contributed by atoms with E-state index in [-0.39, 0.29) is 5.91 Å². The van der Waals surface area contributed by atoms with Gasteiger partial charge in [-0.1, -0.05) is 29.8 Å². The summed E-state index contributed by atoms with van der Waals surface area (Å²) < 4.78 is 25.9. The number of amides is 1. The highest BCUT2D eigenvalue weighted by molar-refractivity contribution is 7.92. The smallest absolute Gasteiger partial charge is 0.248 e. The molecule has 0 aliphatic rings. The quantitative estimate of drug-likeness (QED) is 0.867. The minimum absolute atomic E-state index is 0.369. The van der Waals surface area contributed by atoms with E-state index in [1.165, 1.54) is 0 Å². The standard InChI is InChI=1S/C20H26N2O3S/c1-13-8-7-9-18(12-13)22(26(6,24)25)17(5)20(23)21-19-15(3)10-14(2)11-16(19)4/h7-12,17H,1-6H3,(H,21,23)/t17-/m0/s1. The van der Waals surface area contributed by atoms with Gasteiger partial charge in [0.2, 0.25) is 15.9 Å². The van der Waals surface area contributed by atoms with E-state index in [4.69, 9.17) is 0 Å². The van der Waals surface area contributed by atoms with Crippen LogP contribution in [0.25, 0.3) is 0 Å². The van der Waals surface area contributed by atoms with Crippen LogP contribution < -0.4 is 9.62 Å². The maximum atomic E-state index is 12.8. The van der Waals surface area contributed by atoms with Crippen molar-refractivity contribution in [3.05, 3.63) is 58.7 Å². The Morgan fingerprint density at radius 1 is 1.00 bits per heavy atom. The molecular formula is C20H26N2O3S. The lowest BCUT2D eigenvalue weighted by atomic mass is 10.0. The second-order valence-corrected chi connectivity index (χ2v) is 8.70. The third-order valence-electron chi connectivity index (χ3n) is 4.27. The molecule has 1 amide bonds. The first-order chi connectivity index (χ1) is 12.0. The van der Waals surface area contributed by atoms with E-state index in [2.05, 4.69) is 5.32 Å². The van der Waals surface area contributed by atoms with Crippen molar-refractivity contribution in [3.8, 4) is 0 Å². The molecule has 0 radical (unpaired) electrons. The molecule has 0 unspecified atom stereocenters. The van der Waals surface area contributed by atoms with Crippen molar-refractivity contribution in [2.75, 3.05) is 15.9 Å². The van der Waals surface area contributed by atoms with Gasteiger partial charge >= 0.3 is 0 Å². The first-order valence-corrected chi connectivity index (χ1v) is 10.3. The summed E-state index contributed by atoms with van der Waals surface area (Å²) in [4.78, 5) is 12.8. The molecule has 6 heteroatoms. The molecule has 1 N–H and O–H groups in total. The van der Waals surface area contributed by atoms with E-state index >= 15 is 0 Å². The summed E-state index contributed by atoms with van der Waals surface area (Å²) in [5, 5.41) is 2.90. The molecule has 0 saturated carbocycles. The minimum atomic E-state index is -3.63. The third-order valence-corrected chi connectivity index (χ3v) is 5.51. The molecule has 2 aromatic carbocycles. The van der Waals surface area contributed by atoms with Crippen LogP contribution in [0.3, 0.4) is 0 Å². The predicted molar refractivity (Wildman–Crippen MR) is 107 cm³/mol. The van der Waals surface area contributed by atoms with Crippen molar-refractivity contribution in [2.24, 2.45) is 0 Å². The lowest BCUT2D eigenvalue weighted by Gasteiger charge is -2.29. The molecule has 26 heavy (non-hydrogen) atoms. The molecule has 5 nitrogen and oxygen atoms in total. The van der Waals surface area contributed by atoms with Crippen LogP contribution in [0.15, 0.2) is 36.4 Å². The Labute approximate surface area is 156 Å². The van der Waals surface area contributed by atoms with Gasteiger partial charge in [-0.25, -0.2) is 8.42 Å². The Kier molecular flexibility index (Phi) is 5.76. The number of nitrogens with zero attached hydrogens (tertiary/aromatic N) is 1. The number of aryl methyl sites for hydroxylation is 4. The van der Waals surface area contributed by atoms with Crippen molar-refractivity contribution < 1.29 is 13.2 Å². The summed E-state index contributed by atoms with van der Waals surface area (Å²) in [6.07, 6.45) is 1.11. The Balaban J connectivity index is 2.38. The SMILES string of the molecule is Cc1cccc(N([C@@H](C)C(=O)Nc2c(C)cc(C)cc2C)S(C)(=O)=O)c1. The molecule has 0 bridgehead atoms. The molecule has 0 aliphatic carbocycles. The van der Waals surface area contributed by atoms with E-state index in [1.807, 2.05) is 45.9 Å². The molecule has 0 saturated heterocycles. The summed E-state index contributed by atoms with van der Waals surface area (Å²) in [6.45, 7) is 9.33. The minimum Gasteiger partial charge on any atom is -0.324 e. The first kappa shape index (κ1) is 20.0. The number of rotatable bonds is 5. The molecule has 2 rings (SSSR count). The molecule has 1 atom stereocenters. The maximum Gasteiger partial charge on any atom is 0.248 e. The predicted octanol–water partition coefficient (Wildman–Crippen LogP) is 3.71. The molecule has 140 valence electrons. The molecule has 0 heterocycles. The molecule has 0 aliphatic heterocycles. The van der Waals surface area contributed by atoms with Gasteiger partial charge in [0.15, 0.2) is 0 Å². The highest BCUT2D eigenvalue weighted by atomic mass is 32.2. The highest BCUT2D eigenvalue weighted by Gasteiger charge is 2.29. The monoisotopic (exact) mass is 374 g/mol. The first-order valence-electron chi connectivity index (χ1n) is 8.45. The van der Waals surface area contributed by atoms with Gasteiger partial charge < -0.3 is 5.32 Å². The number of nitrogens with one attached hydrogen (secondary N) is 1. The molecule has 0 fully saturated rings. The number of anilines is 2. The molecule has 2 aromatic rings. The van der Waals surface area contributed by atoms with Crippen molar-refractivity contribution in [1.29, 1.82) is 0 Å². The summed E-state index contributed by atoms with van der Waals surface area (Å²) in [6, 6.07) is 10.2. The number of hydrogen-bond acceptors (Lipinski definition) is 3. The third kappa shape index (κ3) is 4.43. The van der Waals surface area contributed by atoms with Crippen molar-refractivity contribution in [3.63, 3.8) is 0 Å². The van der Waals surface area contributed by atoms with Gasteiger partial charge in [-0.2, -0.15) is 0 Å². The zero-order chi connectivity index (χ0) is 19.6. The van der Waals surface area contributed by atoms with Crippen molar-refractivity contribution >= 4 is 27.3 Å². The van der Waals surface area contributed by atoms with Crippen LogP contribution >= 0.6 is 0 Å². The van der Waals surface area contributed by atoms with Gasteiger partial charge in [-0.15, -0.1) is 0 Å². The van der Waals surface area contributed by atoms with Crippen LogP contribution in [-0.4, -0.2) is 26.6 Å². The van der Waals surface area contributed by atoms with Gasteiger partial charge in [0.1, 0.15) is 6.04 Å². The lowest BCUT2D eigenvalue weighted by molar-refractivity contribution is -0.116. The van der Waals surface area contributed by atoms with Gasteiger partial charge in [-0.05, 0) is 63.4 Å². The second-order valence-electron chi connectivity index (χ2n) is 6.84. The molecule has 0 aromatic heterocycles. The Morgan fingerprint density at radius 2 is 1.58 bits per heavy atom. The Hall–Kier alpha value is -2.34. The Morgan fingerprint density at radius 3 is 2.08 bits per heavy atom. The van der Waals surface area contributed by atoms with E-state index in [1.54, 1.807) is 25.1 Å². The van der Waals surface area contributed by atoms with E-state index < -0.39 is 16.1 Å². The number of sulfonamides is 1. The number of carbonyl (C=O) groups excluding carboxylic acids is 1. The summed E-state index contributed by atoms with van der Waals surface area (Å²) >= 11 is 0. The van der Waals surface area contributed by atoms with Crippen LogP contribution in [0.2, 0.25) is 0 Å². The van der Waals surface area contributed by atoms with Crippen LogP contribution in [0.5, 0.6) is 0 Å². The zero-order valence-electron chi connectivity index (χ0n) is 16.1. The van der Waals surface area contributed by atoms with Crippen molar-refractivity contribution in [1.82, 2.24) is 0 Å². The zero-order valence-corrected chi connectivity index (χ0v) is 16.9. The van der Waals surface area contributed by atoms with Gasteiger partial charge in [0.05, 0.1) is 11.9 Å². The average Bonchev–Trinajstić information content (AvgIpc) is 2.49.